The maximum atomic E-state index is 11.4. The second-order valence-electron chi connectivity index (χ2n) is 3.63. The van der Waals surface area contributed by atoms with Crippen molar-refractivity contribution in [2.24, 2.45) is 0 Å². The lowest BCUT2D eigenvalue weighted by Crippen LogP contribution is -2.25. The van der Waals surface area contributed by atoms with Crippen LogP contribution in [0.3, 0.4) is 0 Å². The van der Waals surface area contributed by atoms with Crippen molar-refractivity contribution < 1.29 is 18.3 Å². The maximum absolute atomic E-state index is 11.4. The summed E-state index contributed by atoms with van der Waals surface area (Å²) in [5.74, 6) is -1.09. The first-order valence-corrected chi connectivity index (χ1v) is 6.66. The van der Waals surface area contributed by atoms with Crippen LogP contribution in [-0.4, -0.2) is 32.8 Å². The number of anilines is 1. The number of aliphatic carboxylic acids is 1. The van der Waals surface area contributed by atoms with Gasteiger partial charge in [-0.05, 0) is 24.7 Å². The lowest BCUT2D eigenvalue weighted by atomic mass is 10.1. The van der Waals surface area contributed by atoms with Gasteiger partial charge in [0.2, 0.25) is 0 Å². The molecular formula is C10H14N2O4S. The number of hydrogen-bond donors (Lipinski definition) is 3. The Kier molecular flexibility index (Phi) is 3.74. The van der Waals surface area contributed by atoms with Crippen LogP contribution in [0.5, 0.6) is 0 Å². The van der Waals surface area contributed by atoms with Gasteiger partial charge in [-0.3, -0.25) is 4.79 Å². The fourth-order valence-corrected chi connectivity index (χ4v) is 2.33. The van der Waals surface area contributed by atoms with Gasteiger partial charge in [-0.2, -0.15) is 0 Å². The first-order chi connectivity index (χ1) is 7.77. The number of nitrogen functional groups attached to an aromatic ring is 1. The fourth-order valence-electron chi connectivity index (χ4n) is 1.48. The van der Waals surface area contributed by atoms with Crippen LogP contribution in [0.25, 0.3) is 0 Å². The van der Waals surface area contributed by atoms with Gasteiger partial charge in [-0.1, -0.05) is 6.07 Å². The van der Waals surface area contributed by atoms with E-state index in [0.29, 0.717) is 5.56 Å². The average molecular weight is 258 g/mol. The summed E-state index contributed by atoms with van der Waals surface area (Å²) in [4.78, 5) is 10.9. The summed E-state index contributed by atoms with van der Waals surface area (Å²) in [6.07, 6.45) is 1.03. The van der Waals surface area contributed by atoms with E-state index in [1.165, 1.54) is 25.2 Å². The predicted molar refractivity (Wildman–Crippen MR) is 63.4 cm³/mol. The van der Waals surface area contributed by atoms with Gasteiger partial charge in [-0.25, -0.2) is 8.42 Å². The number of nitrogens with one attached hydrogen (secondary N) is 1. The second kappa shape index (κ2) is 4.72. The van der Waals surface area contributed by atoms with E-state index < -0.39 is 21.8 Å². The molecule has 0 amide bonds. The highest BCUT2D eigenvalue weighted by atomic mass is 32.2. The summed E-state index contributed by atoms with van der Waals surface area (Å²) in [6.45, 7) is 0. The monoisotopic (exact) mass is 258 g/mol. The van der Waals surface area contributed by atoms with Gasteiger partial charge >= 0.3 is 5.97 Å². The largest absolute Gasteiger partial charge is 0.480 e. The van der Waals surface area contributed by atoms with Crippen molar-refractivity contribution in [1.82, 2.24) is 5.32 Å². The molecule has 1 aromatic carbocycles. The number of carboxylic acids is 1. The van der Waals surface area contributed by atoms with Crippen LogP contribution in [0.4, 0.5) is 5.69 Å². The third-order valence-electron chi connectivity index (χ3n) is 2.31. The van der Waals surface area contributed by atoms with Gasteiger partial charge in [0.1, 0.15) is 6.04 Å². The Hall–Kier alpha value is -1.60. The molecular weight excluding hydrogens is 244 g/mol. The van der Waals surface area contributed by atoms with E-state index in [9.17, 15) is 13.2 Å². The quantitative estimate of drug-likeness (QED) is 0.657. The van der Waals surface area contributed by atoms with Gasteiger partial charge in [0.25, 0.3) is 0 Å². The highest BCUT2D eigenvalue weighted by Crippen LogP contribution is 2.23. The summed E-state index contributed by atoms with van der Waals surface area (Å²) in [7, 11) is -1.99. The van der Waals surface area contributed by atoms with Crippen LogP contribution >= 0.6 is 0 Å². The molecule has 17 heavy (non-hydrogen) atoms. The van der Waals surface area contributed by atoms with Crippen LogP contribution in [0.2, 0.25) is 0 Å². The normalized spacial score (nSPS) is 13.3. The molecule has 7 heteroatoms. The van der Waals surface area contributed by atoms with Crippen LogP contribution in [0, 0.1) is 0 Å². The number of likely N-dealkylation sites (N-methyl/N-ethyl adjacent to an activating group) is 1. The van der Waals surface area contributed by atoms with E-state index in [0.717, 1.165) is 6.26 Å². The number of benzene rings is 1. The van der Waals surface area contributed by atoms with Crippen molar-refractivity contribution in [2.75, 3.05) is 19.0 Å². The van der Waals surface area contributed by atoms with Crippen molar-refractivity contribution in [3.05, 3.63) is 23.8 Å². The van der Waals surface area contributed by atoms with Crippen molar-refractivity contribution in [2.45, 2.75) is 10.9 Å². The molecule has 1 aromatic rings. The molecule has 0 heterocycles. The van der Waals surface area contributed by atoms with Crippen LogP contribution < -0.4 is 11.1 Å². The Balaban J connectivity index is 3.35. The topological polar surface area (TPSA) is 109 Å². The summed E-state index contributed by atoms with van der Waals surface area (Å²) < 4.78 is 22.9. The Labute approximate surface area is 99.4 Å². The van der Waals surface area contributed by atoms with E-state index in [1.807, 2.05) is 0 Å². The molecule has 1 atom stereocenters. The molecule has 1 unspecified atom stereocenters. The minimum Gasteiger partial charge on any atom is -0.480 e. The second-order valence-corrected chi connectivity index (χ2v) is 5.61. The summed E-state index contributed by atoms with van der Waals surface area (Å²) in [5.41, 5.74) is 6.00. The summed E-state index contributed by atoms with van der Waals surface area (Å²) in [6, 6.07) is 3.19. The molecule has 0 aliphatic carbocycles. The number of carbonyl (C=O) groups is 1. The van der Waals surface area contributed by atoms with Crippen LogP contribution in [-0.2, 0) is 14.6 Å². The number of sulfone groups is 1. The number of nitrogens with two attached hydrogens (primary N) is 1. The molecule has 0 spiro atoms. The Morgan fingerprint density at radius 2 is 2.06 bits per heavy atom. The van der Waals surface area contributed by atoms with Gasteiger partial charge in [0, 0.05) is 6.26 Å². The van der Waals surface area contributed by atoms with E-state index in [1.54, 1.807) is 0 Å². The number of hydrogen-bond acceptors (Lipinski definition) is 5. The van der Waals surface area contributed by atoms with Gasteiger partial charge < -0.3 is 16.2 Å². The number of carboxylic acid groups (broad SMARTS) is 1. The number of rotatable bonds is 4. The molecule has 0 aliphatic rings. The lowest BCUT2D eigenvalue weighted by Gasteiger charge is -2.13. The third kappa shape index (κ3) is 2.95. The summed E-state index contributed by atoms with van der Waals surface area (Å²) >= 11 is 0. The predicted octanol–water partition coefficient (Wildman–Crippen LogP) is 0.0174. The highest BCUT2D eigenvalue weighted by Gasteiger charge is 2.20. The SMILES string of the molecule is CNC(C(=O)O)c1ccc(N)c(S(C)(=O)=O)c1. The maximum Gasteiger partial charge on any atom is 0.325 e. The van der Waals surface area contributed by atoms with Crippen LogP contribution in [0.15, 0.2) is 23.1 Å². The van der Waals surface area contributed by atoms with Crippen molar-refractivity contribution >= 4 is 21.5 Å². The molecule has 0 saturated heterocycles. The van der Waals surface area contributed by atoms with Gasteiger partial charge in [-0.15, -0.1) is 0 Å². The molecule has 94 valence electrons. The zero-order valence-corrected chi connectivity index (χ0v) is 10.3. The minimum atomic E-state index is -3.47. The molecule has 0 fully saturated rings. The minimum absolute atomic E-state index is 0.0588. The van der Waals surface area contributed by atoms with Crippen molar-refractivity contribution in [3.63, 3.8) is 0 Å². The smallest absolute Gasteiger partial charge is 0.325 e. The van der Waals surface area contributed by atoms with Gasteiger partial charge in [0.15, 0.2) is 9.84 Å². The van der Waals surface area contributed by atoms with E-state index in [-0.39, 0.29) is 10.6 Å². The first kappa shape index (κ1) is 13.5. The standard InChI is InChI=1S/C10H14N2O4S/c1-12-9(10(13)14)6-3-4-7(11)8(5-6)17(2,15)16/h3-5,9,12H,11H2,1-2H3,(H,13,14). The molecule has 4 N–H and O–H groups in total. The molecule has 0 saturated carbocycles. The fraction of sp³-hybridized carbons (Fsp3) is 0.300. The molecule has 0 bridgehead atoms. The average Bonchev–Trinajstić information content (AvgIpc) is 2.19. The zero-order chi connectivity index (χ0) is 13.2. The van der Waals surface area contributed by atoms with Crippen LogP contribution in [0.1, 0.15) is 11.6 Å². The molecule has 6 nitrogen and oxygen atoms in total. The van der Waals surface area contributed by atoms with E-state index >= 15 is 0 Å². The Morgan fingerprint density at radius 1 is 1.47 bits per heavy atom. The Morgan fingerprint density at radius 3 is 2.47 bits per heavy atom. The molecule has 0 aliphatic heterocycles. The molecule has 0 radical (unpaired) electrons. The van der Waals surface area contributed by atoms with Crippen molar-refractivity contribution in [3.8, 4) is 0 Å². The third-order valence-corrected chi connectivity index (χ3v) is 3.46. The first-order valence-electron chi connectivity index (χ1n) is 4.77. The lowest BCUT2D eigenvalue weighted by molar-refractivity contribution is -0.139. The summed E-state index contributed by atoms with van der Waals surface area (Å²) in [5, 5.41) is 11.5. The molecule has 1 rings (SSSR count). The van der Waals surface area contributed by atoms with Gasteiger partial charge in [0.05, 0.1) is 10.6 Å². The zero-order valence-electron chi connectivity index (χ0n) is 9.47. The highest BCUT2D eigenvalue weighted by molar-refractivity contribution is 7.90. The van der Waals surface area contributed by atoms with Crippen molar-refractivity contribution in [1.29, 1.82) is 0 Å². The Bertz CT molecular complexity index is 539. The van der Waals surface area contributed by atoms with E-state index in [4.69, 9.17) is 10.8 Å². The molecule has 0 aromatic heterocycles. The van der Waals surface area contributed by atoms with E-state index in [2.05, 4.69) is 5.32 Å².